The summed E-state index contributed by atoms with van der Waals surface area (Å²) < 4.78 is 0. The van der Waals surface area contributed by atoms with E-state index in [1.165, 1.54) is 0 Å². The molecule has 1 aromatic rings. The minimum Gasteiger partial charge on any atom is -0.508 e. The third-order valence-electron chi connectivity index (χ3n) is 3.27. The molecule has 1 aromatic carbocycles. The van der Waals surface area contributed by atoms with Crippen LogP contribution in [0.5, 0.6) is 5.75 Å². The largest absolute Gasteiger partial charge is 0.508 e. The van der Waals surface area contributed by atoms with Gasteiger partial charge in [-0.1, -0.05) is 19.1 Å². The standard InChI is InChI=1S/C14H18N2O3/c1-2-12-14(19)16(8-7-13(18)15-12)9-10-3-5-11(17)6-4-10/h3-6,12,17H,2,7-9H2,1H3,(H,15,18). The van der Waals surface area contributed by atoms with Gasteiger partial charge in [-0.25, -0.2) is 0 Å². The smallest absolute Gasteiger partial charge is 0.245 e. The van der Waals surface area contributed by atoms with Crippen LogP contribution in [0.3, 0.4) is 0 Å². The van der Waals surface area contributed by atoms with E-state index in [1.807, 2.05) is 6.92 Å². The van der Waals surface area contributed by atoms with Crippen molar-refractivity contribution in [3.63, 3.8) is 0 Å². The highest BCUT2D eigenvalue weighted by atomic mass is 16.3. The molecule has 2 N–H and O–H groups in total. The van der Waals surface area contributed by atoms with E-state index in [0.29, 0.717) is 25.9 Å². The molecule has 1 aliphatic rings. The van der Waals surface area contributed by atoms with Gasteiger partial charge < -0.3 is 15.3 Å². The SMILES string of the molecule is CCC1NC(=O)CCN(Cc2ccc(O)cc2)C1=O. The Balaban J connectivity index is 2.11. The van der Waals surface area contributed by atoms with E-state index >= 15 is 0 Å². The number of nitrogens with one attached hydrogen (secondary N) is 1. The fraction of sp³-hybridized carbons (Fsp3) is 0.429. The summed E-state index contributed by atoms with van der Waals surface area (Å²) in [4.78, 5) is 25.5. The van der Waals surface area contributed by atoms with E-state index in [0.717, 1.165) is 5.56 Å². The Morgan fingerprint density at radius 3 is 2.63 bits per heavy atom. The molecule has 0 radical (unpaired) electrons. The third-order valence-corrected chi connectivity index (χ3v) is 3.27. The molecule has 102 valence electrons. The molecule has 5 heteroatoms. The molecule has 2 amide bonds. The van der Waals surface area contributed by atoms with Crippen molar-refractivity contribution in [2.75, 3.05) is 6.54 Å². The molecule has 0 aliphatic carbocycles. The van der Waals surface area contributed by atoms with Crippen LogP contribution in [0.4, 0.5) is 0 Å². The van der Waals surface area contributed by atoms with Crippen molar-refractivity contribution >= 4 is 11.8 Å². The van der Waals surface area contributed by atoms with Gasteiger partial charge in [0.25, 0.3) is 0 Å². The Morgan fingerprint density at radius 1 is 1.32 bits per heavy atom. The summed E-state index contributed by atoms with van der Waals surface area (Å²) in [6.45, 7) is 2.78. The van der Waals surface area contributed by atoms with Crippen LogP contribution in [0.2, 0.25) is 0 Å². The maximum atomic E-state index is 12.3. The van der Waals surface area contributed by atoms with Gasteiger partial charge in [0.05, 0.1) is 0 Å². The van der Waals surface area contributed by atoms with Gasteiger partial charge in [0.15, 0.2) is 0 Å². The number of hydrogen-bond acceptors (Lipinski definition) is 3. The van der Waals surface area contributed by atoms with Gasteiger partial charge in [-0.05, 0) is 24.1 Å². The molecule has 5 nitrogen and oxygen atoms in total. The minimum absolute atomic E-state index is 0.0403. The second-order valence-electron chi connectivity index (χ2n) is 4.70. The molecule has 0 bridgehead atoms. The van der Waals surface area contributed by atoms with Crippen molar-refractivity contribution in [1.82, 2.24) is 10.2 Å². The molecule has 19 heavy (non-hydrogen) atoms. The summed E-state index contributed by atoms with van der Waals surface area (Å²) in [7, 11) is 0. The van der Waals surface area contributed by atoms with Crippen LogP contribution >= 0.6 is 0 Å². The molecule has 2 rings (SSSR count). The number of aromatic hydroxyl groups is 1. The molecule has 1 atom stereocenters. The average molecular weight is 262 g/mol. The molecule has 0 spiro atoms. The van der Waals surface area contributed by atoms with Gasteiger partial charge >= 0.3 is 0 Å². The number of rotatable bonds is 3. The predicted molar refractivity (Wildman–Crippen MR) is 70.4 cm³/mol. The highest BCUT2D eigenvalue weighted by Crippen LogP contribution is 2.14. The van der Waals surface area contributed by atoms with Crippen LogP contribution in [-0.2, 0) is 16.1 Å². The summed E-state index contributed by atoms with van der Waals surface area (Å²) in [5, 5.41) is 12.0. The normalized spacial score (nSPS) is 20.1. The number of hydrogen-bond donors (Lipinski definition) is 2. The number of phenols is 1. The van der Waals surface area contributed by atoms with Gasteiger partial charge in [0.1, 0.15) is 11.8 Å². The van der Waals surface area contributed by atoms with E-state index in [-0.39, 0.29) is 17.6 Å². The van der Waals surface area contributed by atoms with Crippen molar-refractivity contribution in [3.8, 4) is 5.75 Å². The van der Waals surface area contributed by atoms with E-state index in [4.69, 9.17) is 0 Å². The Kier molecular flexibility index (Phi) is 4.04. The summed E-state index contributed by atoms with van der Waals surface area (Å²) in [5.74, 6) is 0.0871. The van der Waals surface area contributed by atoms with Crippen molar-refractivity contribution in [1.29, 1.82) is 0 Å². The monoisotopic (exact) mass is 262 g/mol. The summed E-state index contributed by atoms with van der Waals surface area (Å²) in [6.07, 6.45) is 0.928. The predicted octanol–water partition coefficient (Wildman–Crippen LogP) is 1.02. The Morgan fingerprint density at radius 2 is 2.00 bits per heavy atom. The zero-order valence-corrected chi connectivity index (χ0v) is 10.9. The van der Waals surface area contributed by atoms with Gasteiger partial charge in [-0.15, -0.1) is 0 Å². The Bertz CT molecular complexity index is 470. The zero-order chi connectivity index (χ0) is 13.8. The summed E-state index contributed by atoms with van der Waals surface area (Å²) in [5.41, 5.74) is 0.940. The highest BCUT2D eigenvalue weighted by molar-refractivity contribution is 5.89. The lowest BCUT2D eigenvalue weighted by molar-refractivity contribution is -0.134. The first-order valence-corrected chi connectivity index (χ1v) is 6.46. The number of phenolic OH excluding ortho intramolecular Hbond substituents is 1. The van der Waals surface area contributed by atoms with Crippen molar-refractivity contribution < 1.29 is 14.7 Å². The summed E-state index contributed by atoms with van der Waals surface area (Å²) in [6, 6.07) is 6.33. The Labute approximate surface area is 112 Å². The minimum atomic E-state index is -0.424. The number of benzene rings is 1. The summed E-state index contributed by atoms with van der Waals surface area (Å²) >= 11 is 0. The van der Waals surface area contributed by atoms with E-state index in [1.54, 1.807) is 29.2 Å². The number of amides is 2. The van der Waals surface area contributed by atoms with Crippen LogP contribution in [-0.4, -0.2) is 34.4 Å². The molecule has 1 aliphatic heterocycles. The molecule has 1 fully saturated rings. The van der Waals surface area contributed by atoms with Crippen molar-refractivity contribution in [3.05, 3.63) is 29.8 Å². The van der Waals surface area contributed by atoms with Gasteiger partial charge in [0.2, 0.25) is 11.8 Å². The lowest BCUT2D eigenvalue weighted by atomic mass is 10.1. The van der Waals surface area contributed by atoms with Crippen LogP contribution in [0, 0.1) is 0 Å². The molecular weight excluding hydrogens is 244 g/mol. The molecule has 1 saturated heterocycles. The van der Waals surface area contributed by atoms with Crippen LogP contribution in [0.15, 0.2) is 24.3 Å². The quantitative estimate of drug-likeness (QED) is 0.854. The second kappa shape index (κ2) is 5.73. The van der Waals surface area contributed by atoms with E-state index in [2.05, 4.69) is 5.32 Å². The molecule has 1 unspecified atom stereocenters. The first kappa shape index (κ1) is 13.4. The molecule has 1 heterocycles. The zero-order valence-electron chi connectivity index (χ0n) is 10.9. The van der Waals surface area contributed by atoms with Gasteiger partial charge in [-0.3, -0.25) is 9.59 Å². The van der Waals surface area contributed by atoms with Crippen LogP contribution < -0.4 is 5.32 Å². The van der Waals surface area contributed by atoms with Crippen LogP contribution in [0.25, 0.3) is 0 Å². The number of carbonyl (C=O) groups is 2. The first-order valence-electron chi connectivity index (χ1n) is 6.46. The first-order chi connectivity index (χ1) is 9.10. The average Bonchev–Trinajstić information content (AvgIpc) is 2.54. The third kappa shape index (κ3) is 3.24. The Hall–Kier alpha value is -2.04. The maximum absolute atomic E-state index is 12.3. The topological polar surface area (TPSA) is 69.6 Å². The number of carbonyl (C=O) groups excluding carboxylic acids is 2. The number of nitrogens with zero attached hydrogens (tertiary/aromatic N) is 1. The van der Waals surface area contributed by atoms with E-state index in [9.17, 15) is 14.7 Å². The lowest BCUT2D eigenvalue weighted by Gasteiger charge is -2.23. The van der Waals surface area contributed by atoms with Gasteiger partial charge in [0, 0.05) is 19.5 Å². The fourth-order valence-electron chi connectivity index (χ4n) is 2.15. The highest BCUT2D eigenvalue weighted by Gasteiger charge is 2.28. The molecular formula is C14H18N2O3. The van der Waals surface area contributed by atoms with Crippen LogP contribution in [0.1, 0.15) is 25.3 Å². The molecule has 0 aromatic heterocycles. The van der Waals surface area contributed by atoms with Crippen molar-refractivity contribution in [2.24, 2.45) is 0 Å². The lowest BCUT2D eigenvalue weighted by Crippen LogP contribution is -2.43. The molecule has 0 saturated carbocycles. The fourth-order valence-corrected chi connectivity index (χ4v) is 2.15. The van der Waals surface area contributed by atoms with Gasteiger partial charge in [-0.2, -0.15) is 0 Å². The maximum Gasteiger partial charge on any atom is 0.245 e. The second-order valence-corrected chi connectivity index (χ2v) is 4.70. The van der Waals surface area contributed by atoms with Crippen molar-refractivity contribution in [2.45, 2.75) is 32.4 Å². The van der Waals surface area contributed by atoms with E-state index < -0.39 is 6.04 Å².